The molecule has 0 aromatic heterocycles. The number of unbranched alkanes of at least 4 members (excludes halogenated alkanes) is 1. The fraction of sp³-hybridized carbons (Fsp3) is 0.933. The van der Waals surface area contributed by atoms with Crippen LogP contribution in [0.15, 0.2) is 0 Å². The summed E-state index contributed by atoms with van der Waals surface area (Å²) in [5, 5.41) is 0. The van der Waals surface area contributed by atoms with Crippen LogP contribution in [0, 0.1) is 0 Å². The molecule has 0 aromatic rings. The molecule has 1 aliphatic heterocycles. The highest BCUT2D eigenvalue weighted by molar-refractivity contribution is 7.88. The number of rotatable bonds is 8. The third-order valence-electron chi connectivity index (χ3n) is 4.22. The van der Waals surface area contributed by atoms with Crippen molar-refractivity contribution in [2.45, 2.75) is 64.8 Å². The molecule has 5 nitrogen and oxygen atoms in total. The van der Waals surface area contributed by atoms with Crippen molar-refractivity contribution in [2.24, 2.45) is 0 Å². The second-order valence-corrected chi connectivity index (χ2v) is 7.89. The minimum Gasteiger partial charge on any atom is -0.340 e. The van der Waals surface area contributed by atoms with E-state index in [0.717, 1.165) is 38.6 Å². The van der Waals surface area contributed by atoms with Gasteiger partial charge in [-0.15, -0.1) is 0 Å². The zero-order valence-corrected chi connectivity index (χ0v) is 14.5. The molecule has 1 saturated heterocycles. The number of sulfonamides is 1. The molecule has 0 radical (unpaired) electrons. The van der Waals surface area contributed by atoms with Crippen molar-refractivity contribution in [3.8, 4) is 0 Å². The van der Waals surface area contributed by atoms with Gasteiger partial charge < -0.3 is 4.90 Å². The van der Waals surface area contributed by atoms with E-state index in [-0.39, 0.29) is 5.91 Å². The average molecular weight is 318 g/mol. The topological polar surface area (TPSA) is 57.7 Å². The largest absolute Gasteiger partial charge is 0.340 e. The first-order valence-corrected chi connectivity index (χ1v) is 9.99. The third-order valence-corrected chi connectivity index (χ3v) is 5.53. The predicted octanol–water partition coefficient (Wildman–Crippen LogP) is 2.23. The third kappa shape index (κ3) is 5.94. The Balaban J connectivity index is 2.55. The normalized spacial score (nSPS) is 20.0. The molecule has 1 rings (SSSR count). The molecule has 0 bridgehead atoms. The molecule has 0 saturated carbocycles. The zero-order valence-electron chi connectivity index (χ0n) is 13.7. The molecule has 1 aliphatic rings. The van der Waals surface area contributed by atoms with Crippen LogP contribution < -0.4 is 0 Å². The van der Waals surface area contributed by atoms with Crippen molar-refractivity contribution in [2.75, 3.05) is 25.9 Å². The zero-order chi connectivity index (χ0) is 15.9. The molecule has 1 atom stereocenters. The van der Waals surface area contributed by atoms with Crippen LogP contribution in [0.3, 0.4) is 0 Å². The summed E-state index contributed by atoms with van der Waals surface area (Å²) in [4.78, 5) is 14.3. The number of piperidine rings is 1. The minimum atomic E-state index is -3.22. The Morgan fingerprint density at radius 2 is 1.95 bits per heavy atom. The number of likely N-dealkylation sites (tertiary alicyclic amines) is 1. The van der Waals surface area contributed by atoms with Crippen LogP contribution in [-0.4, -0.2) is 55.5 Å². The molecule has 1 heterocycles. The predicted molar refractivity (Wildman–Crippen MR) is 85.6 cm³/mol. The van der Waals surface area contributed by atoms with E-state index in [2.05, 4.69) is 6.92 Å². The van der Waals surface area contributed by atoms with Gasteiger partial charge in [-0.05, 0) is 32.1 Å². The summed E-state index contributed by atoms with van der Waals surface area (Å²) in [7, 11) is -3.22. The lowest BCUT2D eigenvalue weighted by molar-refractivity contribution is -0.135. The van der Waals surface area contributed by atoms with Gasteiger partial charge in [-0.25, -0.2) is 12.7 Å². The lowest BCUT2D eigenvalue weighted by Crippen LogP contribution is -2.44. The molecule has 21 heavy (non-hydrogen) atoms. The highest BCUT2D eigenvalue weighted by atomic mass is 32.2. The van der Waals surface area contributed by atoms with E-state index < -0.39 is 10.0 Å². The van der Waals surface area contributed by atoms with Crippen LogP contribution in [-0.2, 0) is 14.8 Å². The quantitative estimate of drug-likeness (QED) is 0.689. The summed E-state index contributed by atoms with van der Waals surface area (Å²) in [5.41, 5.74) is 0. The Morgan fingerprint density at radius 1 is 1.24 bits per heavy atom. The molecule has 0 aromatic carbocycles. The van der Waals surface area contributed by atoms with Gasteiger partial charge in [0.25, 0.3) is 0 Å². The Labute approximate surface area is 129 Å². The van der Waals surface area contributed by atoms with E-state index in [1.807, 2.05) is 11.8 Å². The van der Waals surface area contributed by atoms with Crippen molar-refractivity contribution in [1.29, 1.82) is 0 Å². The standard InChI is InChI=1S/C15H30N2O3S/c1-4-6-11-16(21(3,19)20)13-10-15(18)17-12-8-7-9-14(17)5-2/h14H,4-13H2,1-3H3. The van der Waals surface area contributed by atoms with E-state index in [0.29, 0.717) is 25.6 Å². The summed E-state index contributed by atoms with van der Waals surface area (Å²) >= 11 is 0. The Morgan fingerprint density at radius 3 is 2.52 bits per heavy atom. The number of carbonyl (C=O) groups is 1. The van der Waals surface area contributed by atoms with Crippen molar-refractivity contribution < 1.29 is 13.2 Å². The van der Waals surface area contributed by atoms with Gasteiger partial charge in [-0.1, -0.05) is 20.3 Å². The van der Waals surface area contributed by atoms with E-state index in [1.165, 1.54) is 17.0 Å². The van der Waals surface area contributed by atoms with Crippen LogP contribution in [0.25, 0.3) is 0 Å². The molecule has 0 aliphatic carbocycles. The average Bonchev–Trinajstić information content (AvgIpc) is 2.45. The van der Waals surface area contributed by atoms with Crippen LogP contribution in [0.4, 0.5) is 0 Å². The molecule has 1 fully saturated rings. The first kappa shape index (κ1) is 18.4. The summed E-state index contributed by atoms with van der Waals surface area (Å²) in [6, 6.07) is 0.341. The fourth-order valence-electron chi connectivity index (χ4n) is 2.90. The summed E-state index contributed by atoms with van der Waals surface area (Å²) in [6.45, 7) is 5.79. The van der Waals surface area contributed by atoms with E-state index in [9.17, 15) is 13.2 Å². The second kappa shape index (κ2) is 8.73. The number of hydrogen-bond acceptors (Lipinski definition) is 3. The first-order chi connectivity index (χ1) is 9.90. The lowest BCUT2D eigenvalue weighted by Gasteiger charge is -2.35. The van der Waals surface area contributed by atoms with E-state index in [1.54, 1.807) is 0 Å². The molecule has 0 spiro atoms. The number of hydrogen-bond donors (Lipinski definition) is 0. The number of nitrogens with zero attached hydrogens (tertiary/aromatic N) is 2. The first-order valence-electron chi connectivity index (χ1n) is 8.14. The van der Waals surface area contributed by atoms with Crippen molar-refractivity contribution in [1.82, 2.24) is 9.21 Å². The molecule has 124 valence electrons. The van der Waals surface area contributed by atoms with Gasteiger partial charge in [0.1, 0.15) is 0 Å². The Bertz CT molecular complexity index is 423. The van der Waals surface area contributed by atoms with Gasteiger partial charge in [-0.2, -0.15) is 0 Å². The Kier molecular flexibility index (Phi) is 7.66. The van der Waals surface area contributed by atoms with Crippen LogP contribution >= 0.6 is 0 Å². The van der Waals surface area contributed by atoms with Crippen molar-refractivity contribution in [3.63, 3.8) is 0 Å². The molecular formula is C15H30N2O3S. The summed E-state index contributed by atoms with van der Waals surface area (Å²) in [6.07, 6.45) is 7.62. The number of amides is 1. The fourth-order valence-corrected chi connectivity index (χ4v) is 3.78. The van der Waals surface area contributed by atoms with Crippen LogP contribution in [0.1, 0.15) is 58.8 Å². The van der Waals surface area contributed by atoms with Crippen LogP contribution in [0.5, 0.6) is 0 Å². The smallest absolute Gasteiger partial charge is 0.224 e. The molecule has 1 unspecified atom stereocenters. The highest BCUT2D eigenvalue weighted by Gasteiger charge is 2.26. The van der Waals surface area contributed by atoms with Crippen molar-refractivity contribution in [3.05, 3.63) is 0 Å². The summed E-state index contributed by atoms with van der Waals surface area (Å²) < 4.78 is 24.9. The maximum Gasteiger partial charge on any atom is 0.224 e. The molecule has 1 amide bonds. The maximum atomic E-state index is 12.4. The van der Waals surface area contributed by atoms with Gasteiger partial charge >= 0.3 is 0 Å². The van der Waals surface area contributed by atoms with Gasteiger partial charge in [0.05, 0.1) is 6.26 Å². The van der Waals surface area contributed by atoms with E-state index >= 15 is 0 Å². The maximum absolute atomic E-state index is 12.4. The van der Waals surface area contributed by atoms with Gasteiger partial charge in [-0.3, -0.25) is 4.79 Å². The SMILES string of the molecule is CCCCN(CCC(=O)N1CCCCC1CC)S(C)(=O)=O. The summed E-state index contributed by atoms with van der Waals surface area (Å²) in [5.74, 6) is 0.103. The van der Waals surface area contributed by atoms with Gasteiger partial charge in [0.15, 0.2) is 0 Å². The second-order valence-electron chi connectivity index (χ2n) is 5.91. The molecule has 6 heteroatoms. The van der Waals surface area contributed by atoms with Crippen LogP contribution in [0.2, 0.25) is 0 Å². The monoisotopic (exact) mass is 318 g/mol. The van der Waals surface area contributed by atoms with E-state index in [4.69, 9.17) is 0 Å². The Hall–Kier alpha value is -0.620. The minimum absolute atomic E-state index is 0.103. The molecule has 0 N–H and O–H groups in total. The highest BCUT2D eigenvalue weighted by Crippen LogP contribution is 2.20. The number of carbonyl (C=O) groups excluding carboxylic acids is 1. The lowest BCUT2D eigenvalue weighted by atomic mass is 9.99. The van der Waals surface area contributed by atoms with Crippen molar-refractivity contribution >= 4 is 15.9 Å². The molecular weight excluding hydrogens is 288 g/mol. The van der Waals surface area contributed by atoms with Gasteiger partial charge in [0, 0.05) is 32.1 Å². The van der Waals surface area contributed by atoms with Gasteiger partial charge in [0.2, 0.25) is 15.9 Å².